The molecule has 2 saturated heterocycles. The molecule has 2 aromatic rings. The quantitative estimate of drug-likeness (QED) is 0.910. The van der Waals surface area contributed by atoms with Crippen LogP contribution >= 0.6 is 0 Å². The largest absolute Gasteiger partial charge is 0.481 e. The van der Waals surface area contributed by atoms with Gasteiger partial charge in [-0.05, 0) is 30.7 Å². The molecule has 1 aromatic carbocycles. The van der Waals surface area contributed by atoms with Crippen LogP contribution in [-0.4, -0.2) is 53.2 Å². The summed E-state index contributed by atoms with van der Waals surface area (Å²) in [4.78, 5) is 30.6. The minimum absolute atomic E-state index is 0.129. The average molecular weight is 326 g/mol. The number of amides is 1. The summed E-state index contributed by atoms with van der Waals surface area (Å²) in [6.07, 6.45) is 2.17. The molecule has 2 atom stereocenters. The fourth-order valence-electron chi connectivity index (χ4n) is 3.85. The molecule has 4 rings (SSSR count). The van der Waals surface area contributed by atoms with Crippen molar-refractivity contribution in [2.24, 2.45) is 11.3 Å². The van der Waals surface area contributed by atoms with Gasteiger partial charge in [0.15, 0.2) is 0 Å². The molecule has 1 N–H and O–H groups in total. The Morgan fingerprint density at radius 3 is 3.00 bits per heavy atom. The molecule has 0 unspecified atom stereocenters. The second-order valence-electron chi connectivity index (χ2n) is 6.58. The fourth-order valence-corrected chi connectivity index (χ4v) is 3.85. The standard InChI is InChI=1S/C18H18N2O4/c21-16(13-3-4-15-12(8-13)2-1-6-19-15)20-9-14-10-24-7-5-18(14,11-20)17(22)23/h1-4,6,8,14H,5,7,9-11H2,(H,22,23)/t14-,18+/m0/s1. The molecule has 124 valence electrons. The number of hydrogen-bond acceptors (Lipinski definition) is 4. The zero-order valence-electron chi connectivity index (χ0n) is 13.1. The molecular weight excluding hydrogens is 308 g/mol. The van der Waals surface area contributed by atoms with Crippen molar-refractivity contribution >= 4 is 22.8 Å². The number of benzene rings is 1. The second kappa shape index (κ2) is 5.56. The highest BCUT2D eigenvalue weighted by Gasteiger charge is 2.54. The summed E-state index contributed by atoms with van der Waals surface area (Å²) >= 11 is 0. The SMILES string of the molecule is O=C(c1ccc2ncccc2c1)N1C[C@H]2COCC[C@@]2(C(=O)O)C1. The van der Waals surface area contributed by atoms with Crippen molar-refractivity contribution in [3.8, 4) is 0 Å². The number of ether oxygens (including phenoxy) is 1. The molecule has 24 heavy (non-hydrogen) atoms. The zero-order chi connectivity index (χ0) is 16.7. The van der Waals surface area contributed by atoms with E-state index in [1.807, 2.05) is 24.3 Å². The van der Waals surface area contributed by atoms with Gasteiger partial charge in [-0.15, -0.1) is 0 Å². The summed E-state index contributed by atoms with van der Waals surface area (Å²) in [6.45, 7) is 1.51. The summed E-state index contributed by atoms with van der Waals surface area (Å²) < 4.78 is 5.44. The summed E-state index contributed by atoms with van der Waals surface area (Å²) in [5.74, 6) is -1.10. The summed E-state index contributed by atoms with van der Waals surface area (Å²) in [5, 5.41) is 10.6. The fraction of sp³-hybridized carbons (Fsp3) is 0.389. The minimum Gasteiger partial charge on any atom is -0.481 e. The van der Waals surface area contributed by atoms with Crippen LogP contribution in [0.25, 0.3) is 10.9 Å². The van der Waals surface area contributed by atoms with Gasteiger partial charge in [0, 0.05) is 42.8 Å². The van der Waals surface area contributed by atoms with Gasteiger partial charge in [-0.25, -0.2) is 0 Å². The topological polar surface area (TPSA) is 79.7 Å². The van der Waals surface area contributed by atoms with E-state index >= 15 is 0 Å². The predicted molar refractivity (Wildman–Crippen MR) is 86.6 cm³/mol. The van der Waals surface area contributed by atoms with E-state index in [4.69, 9.17) is 4.74 Å². The normalized spacial score (nSPS) is 26.3. The first-order valence-corrected chi connectivity index (χ1v) is 8.05. The number of nitrogens with zero attached hydrogens (tertiary/aromatic N) is 2. The average Bonchev–Trinajstić information content (AvgIpc) is 3.02. The lowest BCUT2D eigenvalue weighted by Crippen LogP contribution is -2.45. The molecular formula is C18H18N2O4. The molecule has 6 heteroatoms. The van der Waals surface area contributed by atoms with Crippen LogP contribution < -0.4 is 0 Å². The summed E-state index contributed by atoms with van der Waals surface area (Å²) in [5.41, 5.74) is 0.530. The number of rotatable bonds is 2. The van der Waals surface area contributed by atoms with E-state index in [0.717, 1.165) is 10.9 Å². The zero-order valence-corrected chi connectivity index (χ0v) is 13.1. The Morgan fingerprint density at radius 1 is 1.33 bits per heavy atom. The number of carbonyl (C=O) groups excluding carboxylic acids is 1. The van der Waals surface area contributed by atoms with Crippen LogP contribution in [0.3, 0.4) is 0 Å². The Bertz CT molecular complexity index is 822. The van der Waals surface area contributed by atoms with Crippen LogP contribution in [-0.2, 0) is 9.53 Å². The third-order valence-electron chi connectivity index (χ3n) is 5.27. The van der Waals surface area contributed by atoms with Crippen LogP contribution in [0.5, 0.6) is 0 Å². The van der Waals surface area contributed by atoms with Gasteiger partial charge < -0.3 is 14.7 Å². The Morgan fingerprint density at radius 2 is 2.21 bits per heavy atom. The molecule has 0 aliphatic carbocycles. The van der Waals surface area contributed by atoms with Gasteiger partial charge in [0.05, 0.1) is 17.5 Å². The van der Waals surface area contributed by atoms with E-state index in [1.165, 1.54) is 0 Å². The number of aliphatic carboxylic acids is 1. The molecule has 0 bridgehead atoms. The van der Waals surface area contributed by atoms with E-state index < -0.39 is 11.4 Å². The van der Waals surface area contributed by atoms with Crippen molar-refractivity contribution in [3.63, 3.8) is 0 Å². The number of aromatic nitrogens is 1. The first-order chi connectivity index (χ1) is 11.6. The first kappa shape index (κ1) is 15.1. The lowest BCUT2D eigenvalue weighted by atomic mass is 9.74. The van der Waals surface area contributed by atoms with Crippen LogP contribution in [0.1, 0.15) is 16.8 Å². The lowest BCUT2D eigenvalue weighted by molar-refractivity contribution is -0.157. The maximum atomic E-state index is 12.9. The van der Waals surface area contributed by atoms with Crippen molar-refractivity contribution in [1.82, 2.24) is 9.88 Å². The number of hydrogen-bond donors (Lipinski definition) is 1. The van der Waals surface area contributed by atoms with Crippen molar-refractivity contribution in [3.05, 3.63) is 42.1 Å². The maximum Gasteiger partial charge on any atom is 0.311 e. The molecule has 0 saturated carbocycles. The number of carboxylic acid groups (broad SMARTS) is 1. The molecule has 2 aliphatic rings. The highest BCUT2D eigenvalue weighted by molar-refractivity contribution is 5.98. The monoisotopic (exact) mass is 326 g/mol. The van der Waals surface area contributed by atoms with Gasteiger partial charge in [-0.3, -0.25) is 14.6 Å². The highest BCUT2D eigenvalue weighted by Crippen LogP contribution is 2.42. The van der Waals surface area contributed by atoms with Crippen molar-refractivity contribution < 1.29 is 19.4 Å². The molecule has 1 amide bonds. The molecule has 0 spiro atoms. The molecule has 1 aromatic heterocycles. The number of carboxylic acids is 1. The van der Waals surface area contributed by atoms with Crippen LogP contribution in [0.2, 0.25) is 0 Å². The third kappa shape index (κ3) is 2.26. The number of pyridine rings is 1. The van der Waals surface area contributed by atoms with E-state index in [9.17, 15) is 14.7 Å². The van der Waals surface area contributed by atoms with Crippen LogP contribution in [0, 0.1) is 11.3 Å². The van der Waals surface area contributed by atoms with Gasteiger partial charge in [-0.1, -0.05) is 6.07 Å². The predicted octanol–water partition coefficient (Wildman–Crippen LogP) is 1.80. The van der Waals surface area contributed by atoms with Crippen LogP contribution in [0.15, 0.2) is 36.5 Å². The van der Waals surface area contributed by atoms with Gasteiger partial charge >= 0.3 is 5.97 Å². The highest BCUT2D eigenvalue weighted by atomic mass is 16.5. The summed E-state index contributed by atoms with van der Waals surface area (Å²) in [7, 11) is 0. The van der Waals surface area contributed by atoms with E-state index in [0.29, 0.717) is 31.7 Å². The van der Waals surface area contributed by atoms with Gasteiger partial charge in [0.2, 0.25) is 0 Å². The Hall–Kier alpha value is -2.47. The van der Waals surface area contributed by atoms with E-state index in [1.54, 1.807) is 17.2 Å². The molecule has 2 aliphatic heterocycles. The molecule has 6 nitrogen and oxygen atoms in total. The van der Waals surface area contributed by atoms with Crippen molar-refractivity contribution in [1.29, 1.82) is 0 Å². The van der Waals surface area contributed by atoms with E-state index in [2.05, 4.69) is 4.98 Å². The Balaban J connectivity index is 1.63. The number of likely N-dealkylation sites (tertiary alicyclic amines) is 1. The number of carbonyl (C=O) groups is 2. The second-order valence-corrected chi connectivity index (χ2v) is 6.58. The van der Waals surface area contributed by atoms with Gasteiger partial charge in [-0.2, -0.15) is 0 Å². The van der Waals surface area contributed by atoms with Crippen LogP contribution in [0.4, 0.5) is 0 Å². The molecule has 2 fully saturated rings. The third-order valence-corrected chi connectivity index (χ3v) is 5.27. The van der Waals surface area contributed by atoms with Gasteiger partial charge in [0.1, 0.15) is 0 Å². The number of fused-ring (bicyclic) bond motifs is 2. The maximum absolute atomic E-state index is 12.9. The molecule has 0 radical (unpaired) electrons. The first-order valence-electron chi connectivity index (χ1n) is 8.05. The van der Waals surface area contributed by atoms with Crippen molar-refractivity contribution in [2.45, 2.75) is 6.42 Å². The minimum atomic E-state index is -0.869. The Kier molecular flexibility index (Phi) is 3.49. The van der Waals surface area contributed by atoms with E-state index in [-0.39, 0.29) is 18.4 Å². The Labute approximate surface area is 139 Å². The molecule has 3 heterocycles. The van der Waals surface area contributed by atoms with Crippen molar-refractivity contribution in [2.75, 3.05) is 26.3 Å². The van der Waals surface area contributed by atoms with Gasteiger partial charge in [0.25, 0.3) is 5.91 Å². The summed E-state index contributed by atoms with van der Waals surface area (Å²) in [6, 6.07) is 9.13. The lowest BCUT2D eigenvalue weighted by Gasteiger charge is -2.33. The smallest absolute Gasteiger partial charge is 0.311 e.